The van der Waals surface area contributed by atoms with Crippen LogP contribution in [-0.4, -0.2) is 44.3 Å². The van der Waals surface area contributed by atoms with Crippen LogP contribution in [0.25, 0.3) is 0 Å². The number of ether oxygens (including phenoxy) is 1. The van der Waals surface area contributed by atoms with E-state index in [1.165, 1.54) is 0 Å². The van der Waals surface area contributed by atoms with Crippen molar-refractivity contribution < 1.29 is 4.74 Å². The van der Waals surface area contributed by atoms with E-state index in [2.05, 4.69) is 46.2 Å². The van der Waals surface area contributed by atoms with E-state index in [9.17, 15) is 0 Å². The van der Waals surface area contributed by atoms with E-state index in [4.69, 9.17) is 16.3 Å². The number of rotatable bonds is 4. The highest BCUT2D eigenvalue weighted by Crippen LogP contribution is 2.26. The van der Waals surface area contributed by atoms with Gasteiger partial charge in [0, 0.05) is 35.2 Å². The zero-order valence-electron chi connectivity index (χ0n) is 11.3. The Kier molecular flexibility index (Phi) is 5.66. The third-order valence-corrected chi connectivity index (χ3v) is 4.24. The van der Waals surface area contributed by atoms with Crippen molar-refractivity contribution in [2.24, 2.45) is 0 Å². The molecule has 1 N–H and O–H groups in total. The van der Waals surface area contributed by atoms with Crippen molar-refractivity contribution in [2.45, 2.75) is 19.1 Å². The largest absolute Gasteiger partial charge is 0.374 e. The zero-order chi connectivity index (χ0) is 13.8. The summed E-state index contributed by atoms with van der Waals surface area (Å²) in [6.07, 6.45) is 0.260. The van der Waals surface area contributed by atoms with Crippen molar-refractivity contribution in [1.82, 2.24) is 10.2 Å². The van der Waals surface area contributed by atoms with Gasteiger partial charge in [-0.25, -0.2) is 0 Å². The summed E-state index contributed by atoms with van der Waals surface area (Å²) >= 11 is 9.68. The Hall–Kier alpha value is -0.130. The molecule has 0 aromatic heterocycles. The quantitative estimate of drug-likeness (QED) is 0.906. The Bertz CT molecular complexity index is 430. The standard InChI is InChI=1S/C14H20BrClN2O/c1-10(13-4-3-11(15)7-14(13)16)17-8-12-9-18(2)5-6-19-12/h3-4,7,10,12,17H,5-6,8-9H2,1-2H3. The summed E-state index contributed by atoms with van der Waals surface area (Å²) in [6, 6.07) is 6.22. The van der Waals surface area contributed by atoms with Crippen molar-refractivity contribution in [1.29, 1.82) is 0 Å². The number of hydrogen-bond acceptors (Lipinski definition) is 3. The number of halogens is 2. The van der Waals surface area contributed by atoms with Crippen molar-refractivity contribution >= 4 is 27.5 Å². The molecular formula is C14H20BrClN2O. The van der Waals surface area contributed by atoms with E-state index in [-0.39, 0.29) is 12.1 Å². The second-order valence-corrected chi connectivity index (χ2v) is 6.37. The fourth-order valence-electron chi connectivity index (χ4n) is 2.26. The van der Waals surface area contributed by atoms with Crippen LogP contribution in [0.4, 0.5) is 0 Å². The second kappa shape index (κ2) is 7.04. The van der Waals surface area contributed by atoms with Gasteiger partial charge in [0.15, 0.2) is 0 Å². The molecule has 19 heavy (non-hydrogen) atoms. The number of nitrogens with one attached hydrogen (secondary N) is 1. The van der Waals surface area contributed by atoms with Gasteiger partial charge in [0.1, 0.15) is 0 Å². The van der Waals surface area contributed by atoms with Gasteiger partial charge in [-0.2, -0.15) is 0 Å². The molecule has 3 nitrogen and oxygen atoms in total. The van der Waals surface area contributed by atoms with Crippen LogP contribution in [0.5, 0.6) is 0 Å². The van der Waals surface area contributed by atoms with Crippen LogP contribution in [0.15, 0.2) is 22.7 Å². The molecule has 0 radical (unpaired) electrons. The van der Waals surface area contributed by atoms with Crippen LogP contribution in [0.2, 0.25) is 5.02 Å². The summed E-state index contributed by atoms with van der Waals surface area (Å²) in [5.41, 5.74) is 1.12. The summed E-state index contributed by atoms with van der Waals surface area (Å²) in [5, 5.41) is 4.29. The first kappa shape index (κ1) is 15.3. The molecular weight excluding hydrogens is 328 g/mol. The molecule has 1 heterocycles. The predicted octanol–water partition coefficient (Wildman–Crippen LogP) is 3.08. The number of nitrogens with zero attached hydrogens (tertiary/aromatic N) is 1. The SMILES string of the molecule is CC(NCC1CN(C)CCO1)c1ccc(Br)cc1Cl. The van der Waals surface area contributed by atoms with Gasteiger partial charge in [0.25, 0.3) is 0 Å². The number of hydrogen-bond donors (Lipinski definition) is 1. The first-order valence-corrected chi connectivity index (χ1v) is 7.72. The topological polar surface area (TPSA) is 24.5 Å². The lowest BCUT2D eigenvalue weighted by molar-refractivity contribution is -0.0190. The lowest BCUT2D eigenvalue weighted by Gasteiger charge is -2.31. The van der Waals surface area contributed by atoms with E-state index in [1.807, 2.05) is 12.1 Å². The molecule has 2 rings (SSSR count). The van der Waals surface area contributed by atoms with E-state index < -0.39 is 0 Å². The van der Waals surface area contributed by atoms with E-state index >= 15 is 0 Å². The molecule has 1 aromatic rings. The van der Waals surface area contributed by atoms with Gasteiger partial charge in [-0.15, -0.1) is 0 Å². The average molecular weight is 348 g/mol. The highest BCUT2D eigenvalue weighted by molar-refractivity contribution is 9.10. The predicted molar refractivity (Wildman–Crippen MR) is 82.8 cm³/mol. The molecule has 0 amide bonds. The summed E-state index contributed by atoms with van der Waals surface area (Å²) in [7, 11) is 2.13. The van der Waals surface area contributed by atoms with Gasteiger partial charge in [-0.1, -0.05) is 33.6 Å². The molecule has 1 aliphatic rings. The van der Waals surface area contributed by atoms with Gasteiger partial charge in [0.2, 0.25) is 0 Å². The molecule has 1 saturated heterocycles. The Morgan fingerprint density at radius 1 is 1.58 bits per heavy atom. The maximum atomic E-state index is 6.26. The smallest absolute Gasteiger partial charge is 0.0826 e. The molecule has 0 aliphatic carbocycles. The summed E-state index contributed by atoms with van der Waals surface area (Å²) in [5.74, 6) is 0. The maximum absolute atomic E-state index is 6.26. The first-order chi connectivity index (χ1) is 9.06. The minimum absolute atomic E-state index is 0.219. The first-order valence-electron chi connectivity index (χ1n) is 6.54. The molecule has 0 saturated carbocycles. The summed E-state index contributed by atoms with van der Waals surface area (Å²) in [6.45, 7) is 5.79. The Morgan fingerprint density at radius 2 is 2.37 bits per heavy atom. The van der Waals surface area contributed by atoms with E-state index in [0.717, 1.165) is 41.3 Å². The molecule has 106 valence electrons. The normalized spacial score (nSPS) is 22.4. The minimum atomic E-state index is 0.219. The van der Waals surface area contributed by atoms with Crippen molar-refractivity contribution in [3.63, 3.8) is 0 Å². The van der Waals surface area contributed by atoms with E-state index in [1.54, 1.807) is 0 Å². The molecule has 1 aliphatic heterocycles. The summed E-state index contributed by atoms with van der Waals surface area (Å²) < 4.78 is 6.74. The molecule has 0 bridgehead atoms. The average Bonchev–Trinajstić information content (AvgIpc) is 2.36. The lowest BCUT2D eigenvalue weighted by atomic mass is 10.1. The fourth-order valence-corrected chi connectivity index (χ4v) is 3.10. The number of morpholine rings is 1. The van der Waals surface area contributed by atoms with Gasteiger partial charge < -0.3 is 15.0 Å². The van der Waals surface area contributed by atoms with Gasteiger partial charge in [-0.3, -0.25) is 0 Å². The maximum Gasteiger partial charge on any atom is 0.0826 e. The van der Waals surface area contributed by atoms with Crippen LogP contribution in [-0.2, 0) is 4.74 Å². The van der Waals surface area contributed by atoms with Crippen LogP contribution in [0.3, 0.4) is 0 Å². The minimum Gasteiger partial charge on any atom is -0.374 e. The monoisotopic (exact) mass is 346 g/mol. The van der Waals surface area contributed by atoms with E-state index in [0.29, 0.717) is 0 Å². The fraction of sp³-hybridized carbons (Fsp3) is 0.571. The Morgan fingerprint density at radius 3 is 3.05 bits per heavy atom. The third kappa shape index (κ3) is 4.43. The number of benzene rings is 1. The highest BCUT2D eigenvalue weighted by atomic mass is 79.9. The Labute approximate surface area is 128 Å². The van der Waals surface area contributed by atoms with Crippen LogP contribution >= 0.6 is 27.5 Å². The van der Waals surface area contributed by atoms with Crippen LogP contribution in [0, 0.1) is 0 Å². The van der Waals surface area contributed by atoms with Gasteiger partial charge >= 0.3 is 0 Å². The lowest BCUT2D eigenvalue weighted by Crippen LogP contribution is -2.45. The summed E-state index contributed by atoms with van der Waals surface area (Å²) in [4.78, 5) is 2.30. The zero-order valence-corrected chi connectivity index (χ0v) is 13.7. The van der Waals surface area contributed by atoms with Gasteiger partial charge in [0.05, 0.1) is 12.7 Å². The molecule has 2 atom stereocenters. The van der Waals surface area contributed by atoms with Crippen LogP contribution in [0.1, 0.15) is 18.5 Å². The Balaban J connectivity index is 1.88. The number of likely N-dealkylation sites (N-methyl/N-ethyl adjacent to an activating group) is 1. The molecule has 2 unspecified atom stereocenters. The van der Waals surface area contributed by atoms with Crippen LogP contribution < -0.4 is 5.32 Å². The van der Waals surface area contributed by atoms with Crippen molar-refractivity contribution in [3.8, 4) is 0 Å². The molecule has 5 heteroatoms. The molecule has 0 spiro atoms. The second-order valence-electron chi connectivity index (χ2n) is 5.05. The molecule has 1 aromatic carbocycles. The van der Waals surface area contributed by atoms with Crippen molar-refractivity contribution in [3.05, 3.63) is 33.3 Å². The molecule has 1 fully saturated rings. The highest BCUT2D eigenvalue weighted by Gasteiger charge is 2.18. The third-order valence-electron chi connectivity index (χ3n) is 3.42. The van der Waals surface area contributed by atoms with Crippen molar-refractivity contribution in [2.75, 3.05) is 33.3 Å². The van der Waals surface area contributed by atoms with Gasteiger partial charge in [-0.05, 0) is 31.7 Å².